The summed E-state index contributed by atoms with van der Waals surface area (Å²) in [6, 6.07) is 3.26. The molecule has 2 nitrogen and oxygen atoms in total. The van der Waals surface area contributed by atoms with Crippen molar-refractivity contribution >= 4 is 17.2 Å². The fourth-order valence-corrected chi connectivity index (χ4v) is 2.75. The maximum Gasteiger partial charge on any atom is 0.416 e. The molecule has 116 valence electrons. The molecule has 0 heterocycles. The van der Waals surface area contributed by atoms with Crippen LogP contribution in [0.3, 0.4) is 0 Å². The quantitative estimate of drug-likeness (QED) is 0.841. The highest BCUT2D eigenvalue weighted by Gasteiger charge is 2.31. The molecular formula is C15H18F3NOS. The highest BCUT2D eigenvalue weighted by molar-refractivity contribution is 7.80. The van der Waals surface area contributed by atoms with Crippen LogP contribution in [0.4, 0.5) is 13.2 Å². The molecule has 0 spiro atoms. The number of nitrogens with two attached hydrogens (primary N) is 1. The van der Waals surface area contributed by atoms with Gasteiger partial charge in [0.1, 0.15) is 10.7 Å². The van der Waals surface area contributed by atoms with Crippen LogP contribution in [-0.4, -0.2) is 11.6 Å². The largest absolute Gasteiger partial charge is 0.493 e. The number of alkyl halides is 3. The van der Waals surface area contributed by atoms with E-state index >= 15 is 0 Å². The number of thiocarbonyl (C=S) groups is 1. The topological polar surface area (TPSA) is 35.2 Å². The molecule has 0 amide bonds. The zero-order chi connectivity index (χ0) is 15.5. The maximum atomic E-state index is 12.7. The van der Waals surface area contributed by atoms with Gasteiger partial charge in [-0.1, -0.05) is 31.5 Å². The zero-order valence-corrected chi connectivity index (χ0v) is 12.4. The van der Waals surface area contributed by atoms with E-state index in [9.17, 15) is 13.2 Å². The average Bonchev–Trinajstić information content (AvgIpc) is 2.45. The van der Waals surface area contributed by atoms with Gasteiger partial charge >= 0.3 is 6.18 Å². The Morgan fingerprint density at radius 3 is 2.48 bits per heavy atom. The van der Waals surface area contributed by atoms with E-state index in [1.54, 1.807) is 0 Å². The molecule has 0 aromatic heterocycles. The van der Waals surface area contributed by atoms with E-state index in [1.807, 2.05) is 0 Å². The summed E-state index contributed by atoms with van der Waals surface area (Å²) in [7, 11) is 0. The van der Waals surface area contributed by atoms with Crippen LogP contribution in [0, 0.1) is 5.92 Å². The Labute approximate surface area is 127 Å². The SMILES string of the molecule is NC(=S)c1cc(C(F)(F)F)ccc1OCC1CCCCC1. The molecule has 0 bridgehead atoms. The zero-order valence-electron chi connectivity index (χ0n) is 11.6. The lowest BCUT2D eigenvalue weighted by atomic mass is 9.90. The number of ether oxygens (including phenoxy) is 1. The summed E-state index contributed by atoms with van der Waals surface area (Å²) >= 11 is 4.83. The Morgan fingerprint density at radius 2 is 1.90 bits per heavy atom. The highest BCUT2D eigenvalue weighted by Crippen LogP contribution is 2.33. The van der Waals surface area contributed by atoms with Gasteiger partial charge in [0.05, 0.1) is 17.7 Å². The molecule has 0 unspecified atom stereocenters. The van der Waals surface area contributed by atoms with E-state index in [-0.39, 0.29) is 10.6 Å². The molecule has 0 atom stereocenters. The van der Waals surface area contributed by atoms with Crippen molar-refractivity contribution in [2.24, 2.45) is 11.7 Å². The minimum absolute atomic E-state index is 0.0836. The summed E-state index contributed by atoms with van der Waals surface area (Å²) in [6.07, 6.45) is 1.40. The molecule has 21 heavy (non-hydrogen) atoms. The lowest BCUT2D eigenvalue weighted by molar-refractivity contribution is -0.137. The smallest absolute Gasteiger partial charge is 0.416 e. The predicted molar refractivity (Wildman–Crippen MR) is 79.4 cm³/mol. The molecular weight excluding hydrogens is 299 g/mol. The van der Waals surface area contributed by atoms with Crippen LogP contribution in [0.5, 0.6) is 5.75 Å². The van der Waals surface area contributed by atoms with Gasteiger partial charge < -0.3 is 10.5 Å². The van der Waals surface area contributed by atoms with Gasteiger partial charge in [-0.25, -0.2) is 0 Å². The van der Waals surface area contributed by atoms with Gasteiger partial charge in [-0.05, 0) is 37.0 Å². The monoisotopic (exact) mass is 317 g/mol. The van der Waals surface area contributed by atoms with Crippen molar-refractivity contribution in [3.63, 3.8) is 0 Å². The second-order valence-corrected chi connectivity index (χ2v) is 5.83. The second kappa shape index (κ2) is 6.64. The van der Waals surface area contributed by atoms with Gasteiger partial charge in [0.15, 0.2) is 0 Å². The van der Waals surface area contributed by atoms with Crippen molar-refractivity contribution in [1.29, 1.82) is 0 Å². The molecule has 1 aromatic rings. The molecule has 1 aromatic carbocycles. The Morgan fingerprint density at radius 1 is 1.24 bits per heavy atom. The van der Waals surface area contributed by atoms with Gasteiger partial charge in [0.25, 0.3) is 0 Å². The van der Waals surface area contributed by atoms with Crippen molar-refractivity contribution in [2.75, 3.05) is 6.61 Å². The van der Waals surface area contributed by atoms with Crippen molar-refractivity contribution in [1.82, 2.24) is 0 Å². The first kappa shape index (κ1) is 16.1. The summed E-state index contributed by atoms with van der Waals surface area (Å²) in [5, 5.41) is 0. The summed E-state index contributed by atoms with van der Waals surface area (Å²) < 4.78 is 43.8. The summed E-state index contributed by atoms with van der Waals surface area (Å²) in [5.41, 5.74) is 4.90. The molecule has 1 aliphatic rings. The number of rotatable bonds is 4. The maximum absolute atomic E-state index is 12.7. The predicted octanol–water partition coefficient (Wildman–Crippen LogP) is 4.30. The van der Waals surface area contributed by atoms with E-state index < -0.39 is 11.7 Å². The Bertz CT molecular complexity index is 510. The van der Waals surface area contributed by atoms with E-state index in [0.29, 0.717) is 18.3 Å². The van der Waals surface area contributed by atoms with Crippen LogP contribution < -0.4 is 10.5 Å². The number of benzene rings is 1. The van der Waals surface area contributed by atoms with Gasteiger partial charge in [0, 0.05) is 0 Å². The Hall–Kier alpha value is -1.30. The number of hydrogen-bond acceptors (Lipinski definition) is 2. The lowest BCUT2D eigenvalue weighted by Gasteiger charge is -2.22. The molecule has 1 fully saturated rings. The molecule has 0 radical (unpaired) electrons. The molecule has 0 aliphatic heterocycles. The van der Waals surface area contributed by atoms with Crippen LogP contribution in [0.1, 0.15) is 43.2 Å². The van der Waals surface area contributed by atoms with Gasteiger partial charge in [-0.3, -0.25) is 0 Å². The van der Waals surface area contributed by atoms with Gasteiger partial charge in [0.2, 0.25) is 0 Å². The number of hydrogen-bond donors (Lipinski definition) is 1. The first-order chi connectivity index (χ1) is 9.88. The molecule has 1 saturated carbocycles. The van der Waals surface area contributed by atoms with Crippen LogP contribution >= 0.6 is 12.2 Å². The minimum atomic E-state index is -4.42. The first-order valence-electron chi connectivity index (χ1n) is 7.02. The average molecular weight is 317 g/mol. The van der Waals surface area contributed by atoms with E-state index in [1.165, 1.54) is 25.3 Å². The van der Waals surface area contributed by atoms with Gasteiger partial charge in [-0.2, -0.15) is 13.2 Å². The molecule has 6 heteroatoms. The van der Waals surface area contributed by atoms with Crippen molar-refractivity contribution in [3.8, 4) is 5.75 Å². The number of halogens is 3. The second-order valence-electron chi connectivity index (χ2n) is 5.39. The van der Waals surface area contributed by atoms with Crippen LogP contribution in [0.15, 0.2) is 18.2 Å². The van der Waals surface area contributed by atoms with Crippen LogP contribution in [-0.2, 0) is 6.18 Å². The van der Waals surface area contributed by atoms with Crippen molar-refractivity contribution < 1.29 is 17.9 Å². The third-order valence-corrected chi connectivity index (χ3v) is 3.99. The highest BCUT2D eigenvalue weighted by atomic mass is 32.1. The lowest BCUT2D eigenvalue weighted by Crippen LogP contribution is -2.18. The van der Waals surface area contributed by atoms with Crippen molar-refractivity contribution in [3.05, 3.63) is 29.3 Å². The molecule has 2 N–H and O–H groups in total. The van der Waals surface area contributed by atoms with Crippen molar-refractivity contribution in [2.45, 2.75) is 38.3 Å². The Balaban J connectivity index is 2.12. The first-order valence-corrected chi connectivity index (χ1v) is 7.42. The standard InChI is InChI=1S/C15H18F3NOS/c16-15(17,18)11-6-7-13(12(8-11)14(19)21)20-9-10-4-2-1-3-5-10/h6-8,10H,1-5,9H2,(H2,19,21). The fourth-order valence-electron chi connectivity index (χ4n) is 2.59. The molecule has 1 aliphatic carbocycles. The van der Waals surface area contributed by atoms with E-state index in [2.05, 4.69) is 0 Å². The summed E-state index contributed by atoms with van der Waals surface area (Å²) in [6.45, 7) is 0.501. The van der Waals surface area contributed by atoms with Crippen LogP contribution in [0.25, 0.3) is 0 Å². The van der Waals surface area contributed by atoms with E-state index in [0.717, 1.165) is 25.0 Å². The van der Waals surface area contributed by atoms with Gasteiger partial charge in [-0.15, -0.1) is 0 Å². The molecule has 2 rings (SSSR count). The third-order valence-electron chi connectivity index (χ3n) is 3.77. The Kier molecular flexibility index (Phi) is 5.08. The normalized spacial score (nSPS) is 16.7. The van der Waals surface area contributed by atoms with E-state index in [4.69, 9.17) is 22.7 Å². The minimum Gasteiger partial charge on any atom is -0.493 e. The van der Waals surface area contributed by atoms with Crippen LogP contribution in [0.2, 0.25) is 0 Å². The summed E-state index contributed by atoms with van der Waals surface area (Å²) in [5.74, 6) is 0.793. The molecule has 0 saturated heterocycles. The third kappa shape index (κ3) is 4.33. The summed E-state index contributed by atoms with van der Waals surface area (Å²) in [4.78, 5) is -0.0836. The fraction of sp³-hybridized carbons (Fsp3) is 0.533.